The van der Waals surface area contributed by atoms with Crippen molar-refractivity contribution in [2.75, 3.05) is 20.8 Å². The van der Waals surface area contributed by atoms with Gasteiger partial charge in [0.05, 0.1) is 25.4 Å². The Balaban J connectivity index is 2.13. The predicted octanol–water partition coefficient (Wildman–Crippen LogP) is 6.30. The maximum atomic E-state index is 9.83. The first-order chi connectivity index (χ1) is 17.2. The van der Waals surface area contributed by atoms with Gasteiger partial charge in [-0.15, -0.1) is 0 Å². The average molecular weight is 485 g/mol. The summed E-state index contributed by atoms with van der Waals surface area (Å²) < 4.78 is 23.6. The third-order valence-electron chi connectivity index (χ3n) is 6.17. The van der Waals surface area contributed by atoms with Crippen molar-refractivity contribution in [2.24, 2.45) is 5.92 Å². The molecule has 3 atom stereocenters. The molecule has 0 radical (unpaired) electrons. The molecule has 5 nitrogen and oxygen atoms in total. The molecular weight excluding hydrogens is 440 g/mol. The summed E-state index contributed by atoms with van der Waals surface area (Å²) in [5.41, 5.74) is 2.28. The van der Waals surface area contributed by atoms with E-state index in [2.05, 4.69) is 43.3 Å². The van der Waals surface area contributed by atoms with E-state index < -0.39 is 0 Å². The summed E-state index contributed by atoms with van der Waals surface area (Å²) in [4.78, 5) is 0. The first-order valence-electron chi connectivity index (χ1n) is 12.9. The molecule has 0 heterocycles. The molecule has 0 spiro atoms. The maximum absolute atomic E-state index is 9.83. The molecule has 2 aromatic carbocycles. The number of hydrogen-bond donors (Lipinski definition) is 1. The highest BCUT2D eigenvalue weighted by Gasteiger charge is 2.24. The third-order valence-corrected chi connectivity index (χ3v) is 6.17. The van der Waals surface area contributed by atoms with E-state index in [-0.39, 0.29) is 31.0 Å². The van der Waals surface area contributed by atoms with E-state index in [1.165, 1.54) is 18.4 Å². The molecule has 0 aliphatic carbocycles. The quantitative estimate of drug-likeness (QED) is 0.144. The lowest BCUT2D eigenvalue weighted by molar-refractivity contribution is -0.137. The average Bonchev–Trinajstić information content (AvgIpc) is 2.90. The molecule has 0 unspecified atom stereocenters. The van der Waals surface area contributed by atoms with Crippen molar-refractivity contribution in [3.05, 3.63) is 83.9 Å². The van der Waals surface area contributed by atoms with Crippen LogP contribution in [0.2, 0.25) is 0 Å². The van der Waals surface area contributed by atoms with Gasteiger partial charge in [-0.3, -0.25) is 0 Å². The van der Waals surface area contributed by atoms with Crippen LogP contribution in [-0.4, -0.2) is 44.4 Å². The summed E-state index contributed by atoms with van der Waals surface area (Å²) in [6.45, 7) is 3.36. The smallest absolute Gasteiger partial charge is 0.159 e. The molecule has 0 saturated carbocycles. The van der Waals surface area contributed by atoms with Gasteiger partial charge in [-0.1, -0.05) is 99.0 Å². The number of unbranched alkanes of at least 4 members (excludes halogenated alkanes) is 2. The molecule has 1 N–H and O–H groups in total. The van der Waals surface area contributed by atoms with Crippen molar-refractivity contribution in [3.63, 3.8) is 0 Å². The monoisotopic (exact) mass is 484 g/mol. The fourth-order valence-electron chi connectivity index (χ4n) is 4.05. The van der Waals surface area contributed by atoms with Gasteiger partial charge >= 0.3 is 0 Å². The Bertz CT molecular complexity index is 776. The molecule has 35 heavy (non-hydrogen) atoms. The zero-order valence-corrected chi connectivity index (χ0v) is 21.7. The molecule has 0 aliphatic rings. The van der Waals surface area contributed by atoms with Crippen LogP contribution in [0.3, 0.4) is 0 Å². The van der Waals surface area contributed by atoms with E-state index in [1.54, 1.807) is 14.2 Å². The van der Waals surface area contributed by atoms with Crippen LogP contribution in [-0.2, 0) is 32.2 Å². The molecule has 0 aliphatic heterocycles. The lowest BCUT2D eigenvalue weighted by Gasteiger charge is -2.28. The fourth-order valence-corrected chi connectivity index (χ4v) is 4.05. The number of methoxy groups -OCH3 is 2. The van der Waals surface area contributed by atoms with E-state index in [0.29, 0.717) is 26.1 Å². The van der Waals surface area contributed by atoms with E-state index in [9.17, 15) is 5.11 Å². The summed E-state index contributed by atoms with van der Waals surface area (Å²) in [5, 5.41) is 9.83. The molecule has 2 aromatic rings. The first kappa shape index (κ1) is 29.2. The van der Waals surface area contributed by atoms with Gasteiger partial charge in [-0.2, -0.15) is 0 Å². The molecule has 0 amide bonds. The minimum atomic E-state index is -0.375. The molecule has 0 aromatic heterocycles. The standard InChI is InChI=1S/C30H44O5/c1-4-5-8-17-28(34-23-25-13-9-6-10-14-25)19-18-27(20-21-31)29(22-30(32-2)33-3)35-24-26-15-11-7-12-16-26/h6-7,9-16,18-19,27-31H,4-5,8,17,20-24H2,1-3H3/b19-18+/t27-,28+,29-/m1/s1. The molecular formula is C30H44O5. The summed E-state index contributed by atoms with van der Waals surface area (Å²) in [5.74, 6) is 0.00510. The van der Waals surface area contributed by atoms with Gasteiger partial charge in [-0.05, 0) is 24.0 Å². The van der Waals surface area contributed by atoms with Crippen LogP contribution in [0.4, 0.5) is 0 Å². The van der Waals surface area contributed by atoms with E-state index in [0.717, 1.165) is 18.4 Å². The Kier molecular flexibility index (Phi) is 15.3. The van der Waals surface area contributed by atoms with E-state index >= 15 is 0 Å². The maximum Gasteiger partial charge on any atom is 0.159 e. The second-order valence-corrected chi connectivity index (χ2v) is 8.86. The minimum Gasteiger partial charge on any atom is -0.396 e. The Hall–Kier alpha value is -2.02. The van der Waals surface area contributed by atoms with Crippen molar-refractivity contribution in [2.45, 2.75) is 77.2 Å². The van der Waals surface area contributed by atoms with Crippen LogP contribution in [0.5, 0.6) is 0 Å². The van der Waals surface area contributed by atoms with Gasteiger partial charge in [-0.25, -0.2) is 0 Å². The largest absolute Gasteiger partial charge is 0.396 e. The first-order valence-corrected chi connectivity index (χ1v) is 12.9. The highest BCUT2D eigenvalue weighted by atomic mass is 16.7. The van der Waals surface area contributed by atoms with Crippen LogP contribution in [0.15, 0.2) is 72.8 Å². The van der Waals surface area contributed by atoms with Crippen molar-refractivity contribution in [3.8, 4) is 0 Å². The van der Waals surface area contributed by atoms with E-state index in [4.69, 9.17) is 18.9 Å². The van der Waals surface area contributed by atoms with Crippen LogP contribution >= 0.6 is 0 Å². The van der Waals surface area contributed by atoms with E-state index in [1.807, 2.05) is 36.4 Å². The summed E-state index contributed by atoms with van der Waals surface area (Å²) in [6.07, 6.45) is 9.40. The van der Waals surface area contributed by atoms with Crippen LogP contribution in [0.25, 0.3) is 0 Å². The van der Waals surface area contributed by atoms with Gasteiger partial charge < -0.3 is 24.1 Å². The summed E-state index contributed by atoms with van der Waals surface area (Å²) >= 11 is 0. The number of aliphatic hydroxyl groups excluding tert-OH is 1. The molecule has 194 valence electrons. The van der Waals surface area contributed by atoms with Crippen LogP contribution in [0.1, 0.15) is 56.6 Å². The number of ether oxygens (including phenoxy) is 4. The Morgan fingerprint density at radius 2 is 1.37 bits per heavy atom. The Morgan fingerprint density at radius 3 is 1.91 bits per heavy atom. The SMILES string of the molecule is CCCCC[C@@H](/C=C/[C@H](CCO)[C@@H](CC(OC)OC)OCc1ccccc1)OCc1ccccc1. The fraction of sp³-hybridized carbons (Fsp3) is 0.533. The number of hydrogen-bond acceptors (Lipinski definition) is 5. The van der Waals surface area contributed by atoms with Gasteiger partial charge in [0, 0.05) is 33.2 Å². The number of aliphatic hydroxyl groups is 1. The summed E-state index contributed by atoms with van der Waals surface area (Å²) in [6, 6.07) is 20.4. The lowest BCUT2D eigenvalue weighted by Crippen LogP contribution is -2.30. The predicted molar refractivity (Wildman–Crippen MR) is 141 cm³/mol. The van der Waals surface area contributed by atoms with Gasteiger partial charge in [0.2, 0.25) is 0 Å². The second kappa shape index (κ2) is 18.3. The topological polar surface area (TPSA) is 57.2 Å². The van der Waals surface area contributed by atoms with Gasteiger partial charge in [0.15, 0.2) is 6.29 Å². The zero-order valence-electron chi connectivity index (χ0n) is 21.7. The lowest BCUT2D eigenvalue weighted by atomic mass is 9.94. The minimum absolute atomic E-state index is 0.00510. The normalized spacial score (nSPS) is 14.4. The highest BCUT2D eigenvalue weighted by Crippen LogP contribution is 2.23. The van der Waals surface area contributed by atoms with Crippen molar-refractivity contribution in [1.29, 1.82) is 0 Å². The van der Waals surface area contributed by atoms with Crippen molar-refractivity contribution >= 4 is 0 Å². The van der Waals surface area contributed by atoms with Crippen LogP contribution < -0.4 is 0 Å². The van der Waals surface area contributed by atoms with Crippen molar-refractivity contribution in [1.82, 2.24) is 0 Å². The molecule has 0 fully saturated rings. The Labute approximate surface area is 212 Å². The molecule has 2 rings (SSSR count). The molecule has 0 saturated heterocycles. The number of rotatable bonds is 19. The highest BCUT2D eigenvalue weighted by molar-refractivity contribution is 5.14. The second-order valence-electron chi connectivity index (χ2n) is 8.86. The molecule has 0 bridgehead atoms. The zero-order chi connectivity index (χ0) is 25.1. The van der Waals surface area contributed by atoms with Crippen molar-refractivity contribution < 1.29 is 24.1 Å². The summed E-state index contributed by atoms with van der Waals surface area (Å²) in [7, 11) is 3.28. The van der Waals surface area contributed by atoms with Crippen LogP contribution in [0, 0.1) is 5.92 Å². The third kappa shape index (κ3) is 12.0. The number of benzene rings is 2. The Morgan fingerprint density at radius 1 is 0.771 bits per heavy atom. The van der Waals surface area contributed by atoms with Gasteiger partial charge in [0.25, 0.3) is 0 Å². The molecule has 5 heteroatoms. The van der Waals surface area contributed by atoms with Gasteiger partial charge in [0.1, 0.15) is 0 Å².